The van der Waals surface area contributed by atoms with Gasteiger partial charge in [-0.15, -0.1) is 0 Å². The Morgan fingerprint density at radius 2 is 1.85 bits per heavy atom. The Kier molecular flexibility index (Phi) is 11.4. The van der Waals surface area contributed by atoms with E-state index in [4.69, 9.17) is 10.7 Å². The molecule has 1 aliphatic rings. The van der Waals surface area contributed by atoms with E-state index in [-0.39, 0.29) is 0 Å². The van der Waals surface area contributed by atoms with Gasteiger partial charge in [-0.1, -0.05) is 51.8 Å². The Morgan fingerprint density at radius 3 is 2.52 bits per heavy atom. The molecule has 0 saturated carbocycles. The topological polar surface area (TPSA) is 50.7 Å². The van der Waals surface area contributed by atoms with Crippen molar-refractivity contribution in [3.63, 3.8) is 0 Å². The average molecular weight is 448 g/mol. The van der Waals surface area contributed by atoms with E-state index in [0.29, 0.717) is 5.92 Å². The molecule has 0 aliphatic heterocycles. The maximum Gasteiger partial charge on any atom is 0.0392 e. The third-order valence-corrected chi connectivity index (χ3v) is 6.83. The van der Waals surface area contributed by atoms with Crippen LogP contribution in [0.3, 0.4) is 0 Å². The van der Waals surface area contributed by atoms with Gasteiger partial charge in [0.05, 0.1) is 0 Å². The lowest BCUT2D eigenvalue weighted by Crippen LogP contribution is -2.10. The van der Waals surface area contributed by atoms with Gasteiger partial charge in [0, 0.05) is 43.4 Å². The van der Waals surface area contributed by atoms with Gasteiger partial charge in [-0.25, -0.2) is 0 Å². The molecule has 0 saturated heterocycles. The molecule has 33 heavy (non-hydrogen) atoms. The Morgan fingerprint density at radius 1 is 1.12 bits per heavy atom. The summed E-state index contributed by atoms with van der Waals surface area (Å²) in [6, 6.07) is 4.46. The Bertz CT molecular complexity index is 928. The number of aryl methyl sites for hydroxylation is 2. The van der Waals surface area contributed by atoms with Crippen molar-refractivity contribution in [3.05, 3.63) is 63.4 Å². The Balaban J connectivity index is 2.60. The van der Waals surface area contributed by atoms with Crippen LogP contribution in [0.2, 0.25) is 0 Å². The third-order valence-electron chi connectivity index (χ3n) is 6.83. The van der Waals surface area contributed by atoms with Gasteiger partial charge in [-0.05, 0) is 91.7 Å². The van der Waals surface area contributed by atoms with Gasteiger partial charge in [-0.2, -0.15) is 0 Å². The van der Waals surface area contributed by atoms with Crippen LogP contribution in [0.1, 0.15) is 94.4 Å². The second-order valence-electron chi connectivity index (χ2n) is 9.41. The van der Waals surface area contributed by atoms with Crippen LogP contribution in [0.25, 0.3) is 5.57 Å². The zero-order valence-corrected chi connectivity index (χ0v) is 21.9. The summed E-state index contributed by atoms with van der Waals surface area (Å²) in [5, 5.41) is 0. The van der Waals surface area contributed by atoms with Crippen molar-refractivity contribution in [3.8, 4) is 0 Å². The summed E-state index contributed by atoms with van der Waals surface area (Å²) < 4.78 is 0. The molecule has 0 heterocycles. The zero-order valence-electron chi connectivity index (χ0n) is 21.9. The molecule has 1 aromatic carbocycles. The molecule has 0 amide bonds. The van der Waals surface area contributed by atoms with Crippen LogP contribution in [0.5, 0.6) is 0 Å². The van der Waals surface area contributed by atoms with Crippen LogP contribution < -0.4 is 5.73 Å². The predicted octanol–water partition coefficient (Wildman–Crippen LogP) is 7.76. The van der Waals surface area contributed by atoms with Crippen molar-refractivity contribution in [1.29, 1.82) is 0 Å². The van der Waals surface area contributed by atoms with Crippen LogP contribution in [-0.4, -0.2) is 26.0 Å². The van der Waals surface area contributed by atoms with Crippen molar-refractivity contribution in [2.24, 2.45) is 21.6 Å². The third kappa shape index (κ3) is 7.28. The molecule has 2 rings (SSSR count). The summed E-state index contributed by atoms with van der Waals surface area (Å²) in [6.07, 6.45) is 17.3. The van der Waals surface area contributed by atoms with Gasteiger partial charge in [0.1, 0.15) is 0 Å². The van der Waals surface area contributed by atoms with Crippen LogP contribution in [0, 0.1) is 19.8 Å². The van der Waals surface area contributed by atoms with E-state index in [9.17, 15) is 0 Å². The first-order chi connectivity index (χ1) is 16.0. The number of nitrogens with zero attached hydrogens (tertiary/aromatic N) is 2. The minimum Gasteiger partial charge on any atom is -0.404 e. The van der Waals surface area contributed by atoms with Gasteiger partial charge in [-0.3, -0.25) is 9.98 Å². The molecule has 1 unspecified atom stereocenters. The van der Waals surface area contributed by atoms with E-state index in [1.165, 1.54) is 58.2 Å². The maximum absolute atomic E-state index is 6.20. The van der Waals surface area contributed by atoms with Crippen molar-refractivity contribution in [2.45, 2.75) is 86.0 Å². The van der Waals surface area contributed by atoms with Crippen LogP contribution >= 0.6 is 0 Å². The molecule has 0 spiro atoms. The first-order valence-electron chi connectivity index (χ1n) is 12.9. The minimum atomic E-state index is 0.707. The summed E-state index contributed by atoms with van der Waals surface area (Å²) in [5.41, 5.74) is 16.7. The molecule has 0 fully saturated rings. The molecule has 3 heteroatoms. The SMILES string of the molecule is CCC/C=C(C1=C(c2c(C)ccc(C)c2C=NC)CCCC1)\C(C=NCCC(C)CC)=C\N. The van der Waals surface area contributed by atoms with Gasteiger partial charge < -0.3 is 5.73 Å². The van der Waals surface area contributed by atoms with Gasteiger partial charge in [0.25, 0.3) is 0 Å². The lowest BCUT2D eigenvalue weighted by molar-refractivity contribution is 0.525. The lowest BCUT2D eigenvalue weighted by Gasteiger charge is -2.26. The number of hydrogen-bond donors (Lipinski definition) is 1. The molecular formula is C30H45N3. The Hall–Kier alpha value is -2.42. The molecular weight excluding hydrogens is 402 g/mol. The number of unbranched alkanes of at least 4 members (excludes halogenated alkanes) is 1. The molecule has 1 atom stereocenters. The summed E-state index contributed by atoms with van der Waals surface area (Å²) in [6.45, 7) is 12.0. The monoisotopic (exact) mass is 447 g/mol. The van der Waals surface area contributed by atoms with Gasteiger partial charge >= 0.3 is 0 Å². The fraction of sp³-hybridized carbons (Fsp3) is 0.533. The second kappa shape index (κ2) is 14.0. The summed E-state index contributed by atoms with van der Waals surface area (Å²) >= 11 is 0. The minimum absolute atomic E-state index is 0.707. The average Bonchev–Trinajstić information content (AvgIpc) is 2.83. The molecule has 1 aromatic rings. The number of rotatable bonds is 11. The van der Waals surface area contributed by atoms with E-state index in [0.717, 1.165) is 44.2 Å². The largest absolute Gasteiger partial charge is 0.404 e. The summed E-state index contributed by atoms with van der Waals surface area (Å²) in [7, 11) is 1.86. The second-order valence-corrected chi connectivity index (χ2v) is 9.41. The van der Waals surface area contributed by atoms with Crippen molar-refractivity contribution < 1.29 is 0 Å². The van der Waals surface area contributed by atoms with Gasteiger partial charge in [0.15, 0.2) is 0 Å². The van der Waals surface area contributed by atoms with Crippen LogP contribution in [0.4, 0.5) is 0 Å². The summed E-state index contributed by atoms with van der Waals surface area (Å²) in [5.74, 6) is 0.707. The smallest absolute Gasteiger partial charge is 0.0392 e. The molecule has 180 valence electrons. The van der Waals surface area contributed by atoms with E-state index < -0.39 is 0 Å². The van der Waals surface area contributed by atoms with Crippen LogP contribution in [-0.2, 0) is 0 Å². The molecule has 1 aliphatic carbocycles. The summed E-state index contributed by atoms with van der Waals surface area (Å²) in [4.78, 5) is 9.16. The number of nitrogens with two attached hydrogens (primary N) is 1. The molecule has 0 radical (unpaired) electrons. The lowest BCUT2D eigenvalue weighted by atomic mass is 9.78. The van der Waals surface area contributed by atoms with E-state index in [1.807, 2.05) is 19.5 Å². The highest BCUT2D eigenvalue weighted by Crippen LogP contribution is 2.41. The Labute approximate surface area is 202 Å². The highest BCUT2D eigenvalue weighted by atomic mass is 14.7. The highest BCUT2D eigenvalue weighted by molar-refractivity contribution is 5.95. The molecule has 0 aromatic heterocycles. The van der Waals surface area contributed by atoms with Crippen molar-refractivity contribution >= 4 is 18.0 Å². The normalized spacial score (nSPS) is 16.9. The van der Waals surface area contributed by atoms with Crippen molar-refractivity contribution in [2.75, 3.05) is 13.6 Å². The number of aliphatic imine (C=N–C) groups is 2. The van der Waals surface area contributed by atoms with E-state index in [1.54, 1.807) is 6.20 Å². The zero-order chi connectivity index (χ0) is 24.2. The van der Waals surface area contributed by atoms with Gasteiger partial charge in [0.2, 0.25) is 0 Å². The predicted molar refractivity (Wildman–Crippen MR) is 148 cm³/mol. The molecule has 0 bridgehead atoms. The fourth-order valence-electron chi connectivity index (χ4n) is 4.58. The number of hydrogen-bond acceptors (Lipinski definition) is 3. The highest BCUT2D eigenvalue weighted by Gasteiger charge is 2.22. The maximum atomic E-state index is 6.20. The van der Waals surface area contributed by atoms with E-state index >= 15 is 0 Å². The number of benzene rings is 1. The van der Waals surface area contributed by atoms with E-state index in [2.05, 4.69) is 57.8 Å². The van der Waals surface area contributed by atoms with Crippen LogP contribution in [0.15, 0.2) is 51.1 Å². The number of allylic oxidation sites excluding steroid dienone is 5. The molecule has 2 N–H and O–H groups in total. The first kappa shape index (κ1) is 26.8. The fourth-order valence-corrected chi connectivity index (χ4v) is 4.58. The quantitative estimate of drug-likeness (QED) is 0.273. The van der Waals surface area contributed by atoms with Crippen molar-refractivity contribution in [1.82, 2.24) is 0 Å². The first-order valence-corrected chi connectivity index (χ1v) is 12.9. The standard InChI is InChI=1S/C30H45N3/c1-7-9-12-26(25(19-31)20-33-18-17-22(3)8-2)27-13-10-11-14-28(27)30-24(5)16-15-23(4)29(30)21-32-6/h12,15-16,19-22H,7-11,13-14,17-18,31H2,1-6H3/b25-19+,26-12+,32-21?,33-20?. The molecule has 3 nitrogen and oxygen atoms in total.